The average Bonchev–Trinajstić information content (AvgIpc) is 3.19. The fourth-order valence-corrected chi connectivity index (χ4v) is 5.42. The number of primary amides is 1. The van der Waals surface area contributed by atoms with E-state index in [1.807, 2.05) is 0 Å². The third kappa shape index (κ3) is 5.91. The second-order valence-electron chi connectivity index (χ2n) is 8.65. The molecule has 1 fully saturated rings. The molecule has 2 aromatic heterocycles. The molecule has 31 heavy (non-hydrogen) atoms. The van der Waals surface area contributed by atoms with Crippen LogP contribution in [-0.4, -0.2) is 20.3 Å². The Labute approximate surface area is 190 Å². The van der Waals surface area contributed by atoms with Crippen LogP contribution in [-0.2, 0) is 35.8 Å². The van der Waals surface area contributed by atoms with E-state index in [0.717, 1.165) is 43.4 Å². The first-order chi connectivity index (χ1) is 14.6. The molecule has 2 aromatic rings. The Bertz CT molecular complexity index is 978. The highest BCUT2D eigenvalue weighted by Crippen LogP contribution is 2.45. The molecule has 1 unspecified atom stereocenters. The van der Waals surface area contributed by atoms with Crippen LogP contribution in [0.4, 0.5) is 10.5 Å². The quantitative estimate of drug-likeness (QED) is 0.517. The number of urea groups is 1. The standard InChI is InChI=1S/C15H21N3O.C7H11NO2S2/c1-2-4-11-13(9-7-8-9)17-12-6-3-5-10(12)14(11)18-15(16)19;1-7(2,9)5-3-6(11-4-5)12(8)10/h9H,2-8H2,1H3,(H3,16,17,18,19);3-4,9H,8H2,1-2H3. The lowest BCUT2D eigenvalue weighted by molar-refractivity contribution is 0.0789. The van der Waals surface area contributed by atoms with Crippen LogP contribution in [0.3, 0.4) is 0 Å². The molecular weight excluding hydrogens is 432 g/mol. The lowest BCUT2D eigenvalue weighted by Crippen LogP contribution is -2.22. The van der Waals surface area contributed by atoms with Gasteiger partial charge < -0.3 is 16.2 Å². The summed E-state index contributed by atoms with van der Waals surface area (Å²) in [6.45, 7) is 5.52. The van der Waals surface area contributed by atoms with E-state index in [9.17, 15) is 14.1 Å². The molecule has 7 nitrogen and oxygen atoms in total. The molecule has 1 saturated carbocycles. The van der Waals surface area contributed by atoms with Gasteiger partial charge in [-0.25, -0.2) is 14.1 Å². The van der Waals surface area contributed by atoms with Gasteiger partial charge >= 0.3 is 6.03 Å². The van der Waals surface area contributed by atoms with E-state index in [0.29, 0.717) is 10.1 Å². The number of nitrogens with one attached hydrogen (secondary N) is 1. The van der Waals surface area contributed by atoms with Crippen molar-refractivity contribution in [1.29, 1.82) is 0 Å². The summed E-state index contributed by atoms with van der Waals surface area (Å²) in [4.78, 5) is 16.2. The third-order valence-electron chi connectivity index (χ3n) is 5.55. The van der Waals surface area contributed by atoms with Crippen molar-refractivity contribution in [1.82, 2.24) is 4.98 Å². The number of pyridine rings is 1. The maximum absolute atomic E-state index is 11.3. The second kappa shape index (κ2) is 9.77. The number of aromatic nitrogens is 1. The fourth-order valence-electron chi connectivity index (χ4n) is 3.86. The van der Waals surface area contributed by atoms with Crippen molar-refractivity contribution >= 4 is 34.0 Å². The zero-order valence-electron chi connectivity index (χ0n) is 18.4. The normalized spacial score (nSPS) is 16.3. The van der Waals surface area contributed by atoms with Crippen LogP contribution in [0.5, 0.6) is 0 Å². The van der Waals surface area contributed by atoms with Crippen LogP contribution in [0.25, 0.3) is 0 Å². The SMILES string of the molecule is CC(C)(O)c1csc(S(N)=O)c1.CCCc1c(C2CC2)nc2c(c1NC(N)=O)CCC2. The Morgan fingerprint density at radius 3 is 2.58 bits per heavy atom. The van der Waals surface area contributed by atoms with Crippen molar-refractivity contribution in [3.05, 3.63) is 39.5 Å². The smallest absolute Gasteiger partial charge is 0.316 e. The number of carbonyl (C=O) groups excluding carboxylic acids is 1. The molecule has 1 atom stereocenters. The molecule has 2 aliphatic rings. The molecule has 2 heterocycles. The average molecular weight is 465 g/mol. The van der Waals surface area contributed by atoms with Crippen LogP contribution >= 0.6 is 11.3 Å². The van der Waals surface area contributed by atoms with Crippen LogP contribution in [0.15, 0.2) is 15.7 Å². The van der Waals surface area contributed by atoms with E-state index in [-0.39, 0.29) is 0 Å². The molecule has 6 N–H and O–H groups in total. The molecule has 0 bridgehead atoms. The number of hydrogen-bond donors (Lipinski definition) is 4. The maximum atomic E-state index is 11.3. The van der Waals surface area contributed by atoms with Gasteiger partial charge in [-0.2, -0.15) is 0 Å². The number of aryl methyl sites for hydroxylation is 1. The topological polar surface area (TPSA) is 131 Å². The molecule has 0 saturated heterocycles. The van der Waals surface area contributed by atoms with Crippen molar-refractivity contribution in [2.75, 3.05) is 5.32 Å². The highest BCUT2D eigenvalue weighted by atomic mass is 32.2. The number of fused-ring (bicyclic) bond motifs is 1. The van der Waals surface area contributed by atoms with Crippen molar-refractivity contribution in [3.63, 3.8) is 0 Å². The predicted octanol–water partition coefficient (Wildman–Crippen LogP) is 3.85. The van der Waals surface area contributed by atoms with E-state index < -0.39 is 22.6 Å². The van der Waals surface area contributed by atoms with E-state index in [1.54, 1.807) is 25.3 Å². The molecule has 0 spiro atoms. The minimum Gasteiger partial charge on any atom is -0.386 e. The molecule has 170 valence electrons. The molecular formula is C22H32N4O3S2. The third-order valence-corrected chi connectivity index (χ3v) is 7.57. The minimum atomic E-state index is -1.44. The molecule has 0 aromatic carbocycles. The summed E-state index contributed by atoms with van der Waals surface area (Å²) in [5.41, 5.74) is 11.1. The predicted molar refractivity (Wildman–Crippen MR) is 126 cm³/mol. The summed E-state index contributed by atoms with van der Waals surface area (Å²) in [6.07, 6.45) is 7.69. The summed E-state index contributed by atoms with van der Waals surface area (Å²) in [7, 11) is -1.44. The maximum Gasteiger partial charge on any atom is 0.316 e. The first kappa shape index (κ1) is 23.8. The number of nitrogens with zero attached hydrogens (tertiary/aromatic N) is 1. The van der Waals surface area contributed by atoms with Crippen molar-refractivity contribution < 1.29 is 14.1 Å². The highest BCUT2D eigenvalue weighted by Gasteiger charge is 2.32. The van der Waals surface area contributed by atoms with Gasteiger partial charge in [0.2, 0.25) is 0 Å². The molecule has 4 rings (SSSR count). The first-order valence-corrected chi connectivity index (χ1v) is 12.8. The van der Waals surface area contributed by atoms with E-state index in [1.165, 1.54) is 46.7 Å². The monoisotopic (exact) mass is 464 g/mol. The molecule has 0 aliphatic heterocycles. The summed E-state index contributed by atoms with van der Waals surface area (Å²) < 4.78 is 11.4. The number of nitrogens with two attached hydrogens (primary N) is 2. The summed E-state index contributed by atoms with van der Waals surface area (Å²) >= 11 is 1.30. The zero-order chi connectivity index (χ0) is 22.8. The van der Waals surface area contributed by atoms with Gasteiger partial charge in [-0.15, -0.1) is 11.3 Å². The number of amides is 2. The zero-order valence-corrected chi connectivity index (χ0v) is 20.0. The Hall–Kier alpha value is -1.81. The van der Waals surface area contributed by atoms with Crippen molar-refractivity contribution in [3.8, 4) is 0 Å². The van der Waals surface area contributed by atoms with Crippen molar-refractivity contribution in [2.45, 2.75) is 81.4 Å². The van der Waals surface area contributed by atoms with Crippen LogP contribution in [0.2, 0.25) is 0 Å². The lowest BCUT2D eigenvalue weighted by Gasteiger charge is -2.18. The Kier molecular flexibility index (Phi) is 7.51. The first-order valence-electron chi connectivity index (χ1n) is 10.7. The van der Waals surface area contributed by atoms with Gasteiger partial charge in [0.1, 0.15) is 15.2 Å². The van der Waals surface area contributed by atoms with Crippen molar-refractivity contribution in [2.24, 2.45) is 10.9 Å². The van der Waals surface area contributed by atoms with Crippen LogP contribution < -0.4 is 16.2 Å². The molecule has 2 aliphatic carbocycles. The lowest BCUT2D eigenvalue weighted by atomic mass is 9.98. The van der Waals surface area contributed by atoms with E-state index >= 15 is 0 Å². The number of carbonyl (C=O) groups is 1. The van der Waals surface area contributed by atoms with Gasteiger partial charge in [-0.1, -0.05) is 13.3 Å². The van der Waals surface area contributed by atoms with Crippen LogP contribution in [0.1, 0.15) is 80.5 Å². The molecule has 2 amide bonds. The van der Waals surface area contributed by atoms with Gasteiger partial charge in [-0.3, -0.25) is 4.98 Å². The number of rotatable bonds is 6. The largest absolute Gasteiger partial charge is 0.386 e. The number of thiophene rings is 1. The van der Waals surface area contributed by atoms with Gasteiger partial charge in [0.15, 0.2) is 0 Å². The Balaban J connectivity index is 0.000000196. The minimum absolute atomic E-state index is 0.459. The summed E-state index contributed by atoms with van der Waals surface area (Å²) in [5, 5.41) is 19.4. The second-order valence-corrected chi connectivity index (χ2v) is 10.9. The number of anilines is 1. The Morgan fingerprint density at radius 1 is 1.39 bits per heavy atom. The number of hydrogen-bond acceptors (Lipinski definition) is 5. The van der Waals surface area contributed by atoms with Gasteiger partial charge in [0.25, 0.3) is 0 Å². The van der Waals surface area contributed by atoms with E-state index in [2.05, 4.69) is 12.2 Å². The summed E-state index contributed by atoms with van der Waals surface area (Å²) in [6, 6.07) is 1.21. The van der Waals surface area contributed by atoms with Crippen LogP contribution in [0, 0.1) is 0 Å². The van der Waals surface area contributed by atoms with E-state index in [4.69, 9.17) is 15.9 Å². The van der Waals surface area contributed by atoms with Gasteiger partial charge in [-0.05, 0) is 80.5 Å². The number of aliphatic hydroxyl groups is 1. The molecule has 9 heteroatoms. The molecule has 0 radical (unpaired) electrons. The fraction of sp³-hybridized carbons (Fsp3) is 0.545. The van der Waals surface area contributed by atoms with Gasteiger partial charge in [0, 0.05) is 17.3 Å². The summed E-state index contributed by atoms with van der Waals surface area (Å²) in [5.74, 6) is 0.612. The Morgan fingerprint density at radius 2 is 2.10 bits per heavy atom. The van der Waals surface area contributed by atoms with Gasteiger partial charge in [0.05, 0.1) is 11.3 Å². The highest BCUT2D eigenvalue weighted by molar-refractivity contribution is 7.85.